The molecular formula is C19H31N3O. The number of nitrogen functional groups attached to an aromatic ring is 1. The molecule has 0 saturated heterocycles. The molecule has 4 nitrogen and oxygen atoms in total. The first-order valence-electron chi connectivity index (χ1n) is 8.82. The molecule has 0 radical (unpaired) electrons. The maximum Gasteiger partial charge on any atom is 0.240 e. The Morgan fingerprint density at radius 1 is 1.00 bits per heavy atom. The van der Waals surface area contributed by atoms with E-state index in [1.165, 1.54) is 38.5 Å². The van der Waals surface area contributed by atoms with Crippen molar-refractivity contribution in [1.29, 1.82) is 0 Å². The van der Waals surface area contributed by atoms with Crippen LogP contribution in [0.5, 0.6) is 0 Å². The second kappa shape index (κ2) is 11.7. The SMILES string of the molecule is CCCCCCCCCCC(=O)N/N=C(\C)c1ccc(N)cc1. The van der Waals surface area contributed by atoms with E-state index in [4.69, 9.17) is 5.73 Å². The summed E-state index contributed by atoms with van der Waals surface area (Å²) >= 11 is 0. The Labute approximate surface area is 140 Å². The summed E-state index contributed by atoms with van der Waals surface area (Å²) in [5.74, 6) is -0.00854. The van der Waals surface area contributed by atoms with Gasteiger partial charge in [-0.15, -0.1) is 0 Å². The number of hydrogen-bond donors (Lipinski definition) is 2. The molecule has 0 spiro atoms. The fraction of sp³-hybridized carbons (Fsp3) is 0.579. The van der Waals surface area contributed by atoms with E-state index in [1.807, 2.05) is 31.2 Å². The van der Waals surface area contributed by atoms with E-state index in [2.05, 4.69) is 17.5 Å². The molecule has 0 atom stereocenters. The third kappa shape index (κ3) is 9.01. The van der Waals surface area contributed by atoms with Gasteiger partial charge < -0.3 is 5.73 Å². The fourth-order valence-electron chi connectivity index (χ4n) is 2.41. The maximum atomic E-state index is 11.8. The number of carbonyl (C=O) groups is 1. The predicted octanol–water partition coefficient (Wildman–Crippen LogP) is 4.64. The van der Waals surface area contributed by atoms with Crippen LogP contribution in [0.2, 0.25) is 0 Å². The molecule has 1 aromatic rings. The van der Waals surface area contributed by atoms with Crippen LogP contribution < -0.4 is 11.2 Å². The summed E-state index contributed by atoms with van der Waals surface area (Å²) in [6.07, 6.45) is 10.4. The number of amides is 1. The highest BCUT2D eigenvalue weighted by Crippen LogP contribution is 2.09. The molecule has 4 heteroatoms. The molecule has 1 aromatic carbocycles. The number of unbranched alkanes of at least 4 members (excludes halogenated alkanes) is 7. The highest BCUT2D eigenvalue weighted by Gasteiger charge is 2.01. The van der Waals surface area contributed by atoms with Crippen LogP contribution in [0, 0.1) is 0 Å². The third-order valence-electron chi connectivity index (χ3n) is 3.93. The largest absolute Gasteiger partial charge is 0.399 e. The van der Waals surface area contributed by atoms with Crippen molar-refractivity contribution in [3.63, 3.8) is 0 Å². The topological polar surface area (TPSA) is 67.5 Å². The Hall–Kier alpha value is -1.84. The first-order valence-corrected chi connectivity index (χ1v) is 8.82. The van der Waals surface area contributed by atoms with E-state index >= 15 is 0 Å². The average Bonchev–Trinajstić information content (AvgIpc) is 2.55. The van der Waals surface area contributed by atoms with Gasteiger partial charge in [0, 0.05) is 12.1 Å². The van der Waals surface area contributed by atoms with E-state index in [1.54, 1.807) is 0 Å². The second-order valence-corrected chi connectivity index (χ2v) is 6.08. The molecule has 0 aliphatic rings. The fourth-order valence-corrected chi connectivity index (χ4v) is 2.41. The molecule has 0 saturated carbocycles. The van der Waals surface area contributed by atoms with Gasteiger partial charge in [-0.25, -0.2) is 5.43 Å². The van der Waals surface area contributed by atoms with Gasteiger partial charge >= 0.3 is 0 Å². The molecule has 0 unspecified atom stereocenters. The molecule has 0 aliphatic heterocycles. The van der Waals surface area contributed by atoms with Crippen LogP contribution in [0.25, 0.3) is 0 Å². The van der Waals surface area contributed by atoms with Gasteiger partial charge in [-0.05, 0) is 31.0 Å². The molecule has 23 heavy (non-hydrogen) atoms. The lowest BCUT2D eigenvalue weighted by Gasteiger charge is -2.04. The van der Waals surface area contributed by atoms with Crippen LogP contribution in [0.15, 0.2) is 29.4 Å². The Kier molecular flexibility index (Phi) is 9.76. The average molecular weight is 317 g/mol. The molecule has 0 fully saturated rings. The Morgan fingerprint density at radius 3 is 2.17 bits per heavy atom. The highest BCUT2D eigenvalue weighted by molar-refractivity contribution is 5.99. The Bertz CT molecular complexity index is 480. The highest BCUT2D eigenvalue weighted by atomic mass is 16.2. The maximum absolute atomic E-state index is 11.8. The monoisotopic (exact) mass is 317 g/mol. The summed E-state index contributed by atoms with van der Waals surface area (Å²) in [6, 6.07) is 7.46. The van der Waals surface area contributed by atoms with Gasteiger partial charge in [-0.3, -0.25) is 4.79 Å². The zero-order valence-electron chi connectivity index (χ0n) is 14.6. The summed E-state index contributed by atoms with van der Waals surface area (Å²) in [5.41, 5.74) is 10.8. The van der Waals surface area contributed by atoms with Gasteiger partial charge in [-0.1, -0.05) is 64.0 Å². The van der Waals surface area contributed by atoms with Crippen molar-refractivity contribution in [2.24, 2.45) is 5.10 Å². The summed E-state index contributed by atoms with van der Waals surface area (Å²) in [6.45, 7) is 4.11. The number of benzene rings is 1. The molecule has 0 aliphatic carbocycles. The number of hydrogen-bond acceptors (Lipinski definition) is 3. The van der Waals surface area contributed by atoms with Gasteiger partial charge in [-0.2, -0.15) is 5.10 Å². The molecule has 0 heterocycles. The minimum atomic E-state index is -0.00854. The van der Waals surface area contributed by atoms with E-state index in [0.29, 0.717) is 6.42 Å². The molecule has 3 N–H and O–H groups in total. The van der Waals surface area contributed by atoms with Crippen molar-refractivity contribution in [2.75, 3.05) is 5.73 Å². The van der Waals surface area contributed by atoms with Crippen LogP contribution in [0.1, 0.15) is 77.2 Å². The van der Waals surface area contributed by atoms with Crippen LogP contribution in [-0.4, -0.2) is 11.6 Å². The number of carbonyl (C=O) groups excluding carboxylic acids is 1. The minimum absolute atomic E-state index is 0.00854. The van der Waals surface area contributed by atoms with Crippen molar-refractivity contribution in [3.8, 4) is 0 Å². The smallest absolute Gasteiger partial charge is 0.240 e. The zero-order chi connectivity index (χ0) is 16.9. The number of nitrogens with one attached hydrogen (secondary N) is 1. The van der Waals surface area contributed by atoms with Crippen molar-refractivity contribution >= 4 is 17.3 Å². The first-order chi connectivity index (χ1) is 11.1. The number of nitrogens with two attached hydrogens (primary N) is 1. The van der Waals surface area contributed by atoms with Crippen molar-refractivity contribution in [2.45, 2.75) is 71.6 Å². The van der Waals surface area contributed by atoms with Crippen LogP contribution in [-0.2, 0) is 4.79 Å². The molecule has 1 amide bonds. The number of rotatable bonds is 11. The standard InChI is InChI=1S/C19H31N3O/c1-3-4-5-6-7-8-9-10-11-19(23)22-21-16(2)17-12-14-18(20)15-13-17/h12-15H,3-11,20H2,1-2H3,(H,22,23)/b21-16+. The summed E-state index contributed by atoms with van der Waals surface area (Å²) in [4.78, 5) is 11.8. The van der Waals surface area contributed by atoms with Gasteiger partial charge in [0.15, 0.2) is 0 Å². The van der Waals surface area contributed by atoms with Gasteiger partial charge in [0.25, 0.3) is 0 Å². The van der Waals surface area contributed by atoms with Crippen LogP contribution in [0.3, 0.4) is 0 Å². The lowest BCUT2D eigenvalue weighted by atomic mass is 10.1. The van der Waals surface area contributed by atoms with Gasteiger partial charge in [0.2, 0.25) is 5.91 Å². The quantitative estimate of drug-likeness (QED) is 0.270. The molecule has 0 bridgehead atoms. The summed E-state index contributed by atoms with van der Waals surface area (Å²) in [5, 5.41) is 4.15. The summed E-state index contributed by atoms with van der Waals surface area (Å²) < 4.78 is 0. The lowest BCUT2D eigenvalue weighted by Crippen LogP contribution is -2.18. The molecule has 1 rings (SSSR count). The Morgan fingerprint density at radius 2 is 1.57 bits per heavy atom. The number of nitrogens with zero attached hydrogens (tertiary/aromatic N) is 1. The molecule has 128 valence electrons. The Balaban J connectivity index is 2.14. The van der Waals surface area contributed by atoms with Crippen molar-refractivity contribution in [1.82, 2.24) is 5.43 Å². The van der Waals surface area contributed by atoms with E-state index in [0.717, 1.165) is 29.8 Å². The lowest BCUT2D eigenvalue weighted by molar-refractivity contribution is -0.121. The van der Waals surface area contributed by atoms with E-state index in [9.17, 15) is 4.79 Å². The predicted molar refractivity (Wildman–Crippen MR) is 98.4 cm³/mol. The number of anilines is 1. The molecular weight excluding hydrogens is 286 g/mol. The normalized spacial score (nSPS) is 11.5. The summed E-state index contributed by atoms with van der Waals surface area (Å²) in [7, 11) is 0. The second-order valence-electron chi connectivity index (χ2n) is 6.08. The van der Waals surface area contributed by atoms with Gasteiger partial charge in [0.1, 0.15) is 0 Å². The molecule has 0 aromatic heterocycles. The van der Waals surface area contributed by atoms with E-state index in [-0.39, 0.29) is 5.91 Å². The third-order valence-corrected chi connectivity index (χ3v) is 3.93. The van der Waals surface area contributed by atoms with Gasteiger partial charge in [0.05, 0.1) is 5.71 Å². The van der Waals surface area contributed by atoms with Crippen LogP contribution in [0.4, 0.5) is 5.69 Å². The minimum Gasteiger partial charge on any atom is -0.399 e. The van der Waals surface area contributed by atoms with Crippen LogP contribution >= 0.6 is 0 Å². The number of hydrazone groups is 1. The first kappa shape index (κ1) is 19.2. The van der Waals surface area contributed by atoms with Crippen molar-refractivity contribution < 1.29 is 4.79 Å². The van der Waals surface area contributed by atoms with Crippen molar-refractivity contribution in [3.05, 3.63) is 29.8 Å². The van der Waals surface area contributed by atoms with E-state index < -0.39 is 0 Å². The zero-order valence-corrected chi connectivity index (χ0v) is 14.6.